The average Bonchev–Trinajstić information content (AvgIpc) is 3.96. The minimum atomic E-state index is -4.45. The summed E-state index contributed by atoms with van der Waals surface area (Å²) in [6.07, 6.45) is -1.07. The van der Waals surface area contributed by atoms with E-state index in [0.29, 0.717) is 67.6 Å². The van der Waals surface area contributed by atoms with Crippen LogP contribution in [0.5, 0.6) is 0 Å². The van der Waals surface area contributed by atoms with Gasteiger partial charge < -0.3 is 29.6 Å². The predicted octanol–water partition coefficient (Wildman–Crippen LogP) is 9.45. The van der Waals surface area contributed by atoms with Gasteiger partial charge in [-0.3, -0.25) is 24.0 Å². The predicted molar refractivity (Wildman–Crippen MR) is 285 cm³/mol. The molecule has 0 saturated carbocycles. The Labute approximate surface area is 432 Å². The highest BCUT2D eigenvalue weighted by Gasteiger charge is 2.48. The number of likely N-dealkylation sites (tertiary alicyclic amines) is 3. The number of thiophene rings is 1. The van der Waals surface area contributed by atoms with Crippen LogP contribution in [0.1, 0.15) is 77.1 Å². The summed E-state index contributed by atoms with van der Waals surface area (Å²) in [7, 11) is -2.39. The molecule has 6 aromatic rings. The van der Waals surface area contributed by atoms with Crippen LogP contribution in [0.2, 0.25) is 5.02 Å². The SMILES string of the molecule is Cc1sc2c(c1C)C(c1ccc(Cl)cc1)=N[C@@H](CC(=O)N1CC3(CCN(C(=O)CN4CCC(Nc5cccc6c5cc(C#CCNc5ccc(P(C)(C)=O)cc5)n6CC(F)(F)F)CC4)CC3)C1)c1nnc(C)n1-2. The molecule has 10 rings (SSSR count). The Balaban J connectivity index is 0.715. The van der Waals surface area contributed by atoms with Crippen LogP contribution in [-0.2, 0) is 20.7 Å². The van der Waals surface area contributed by atoms with Crippen molar-refractivity contribution in [3.05, 3.63) is 117 Å². The molecule has 3 saturated heterocycles. The number of carbonyl (C=O) groups excluding carboxylic acids is 2. The quantitative estimate of drug-likeness (QED) is 0.0970. The van der Waals surface area contributed by atoms with Crippen molar-refractivity contribution in [3.63, 3.8) is 0 Å². The molecule has 13 nitrogen and oxygen atoms in total. The van der Waals surface area contributed by atoms with Crippen molar-refractivity contribution >= 4 is 75.2 Å². The van der Waals surface area contributed by atoms with Gasteiger partial charge in [-0.2, -0.15) is 13.2 Å². The van der Waals surface area contributed by atoms with E-state index in [1.54, 1.807) is 55.0 Å². The molecule has 0 bridgehead atoms. The minimum absolute atomic E-state index is 0.0136. The normalized spacial score (nSPS) is 18.1. The fraction of sp³-hybridized carbons (Fsp3) is 0.426. The van der Waals surface area contributed by atoms with Gasteiger partial charge in [0.2, 0.25) is 11.8 Å². The van der Waals surface area contributed by atoms with Gasteiger partial charge in [0, 0.05) is 93.8 Å². The molecule has 0 radical (unpaired) electrons. The van der Waals surface area contributed by atoms with Gasteiger partial charge in [-0.05, 0) is 126 Å². The summed E-state index contributed by atoms with van der Waals surface area (Å²) in [6, 6.07) is 21.5. The number of hydrogen-bond acceptors (Lipinski definition) is 10. The lowest BCUT2D eigenvalue weighted by Crippen LogP contribution is -2.62. The summed E-state index contributed by atoms with van der Waals surface area (Å²) in [6.45, 7) is 13.0. The zero-order chi connectivity index (χ0) is 51.4. The summed E-state index contributed by atoms with van der Waals surface area (Å²) < 4.78 is 57.4. The van der Waals surface area contributed by atoms with E-state index in [-0.39, 0.29) is 41.9 Å². The number of alkyl halides is 3. The van der Waals surface area contributed by atoms with Gasteiger partial charge >= 0.3 is 6.18 Å². The number of halogens is 4. The topological polar surface area (TPSA) is 133 Å². The Kier molecular flexibility index (Phi) is 13.9. The molecule has 382 valence electrons. The Hall–Kier alpha value is -5.92. The van der Waals surface area contributed by atoms with Gasteiger partial charge in [0.25, 0.3) is 0 Å². The first kappa shape index (κ1) is 50.6. The number of aliphatic imine (C=N–C) groups is 1. The van der Waals surface area contributed by atoms with E-state index in [1.165, 1.54) is 9.44 Å². The maximum Gasteiger partial charge on any atom is 0.406 e. The van der Waals surface area contributed by atoms with Gasteiger partial charge in [0.05, 0.1) is 36.4 Å². The Morgan fingerprint density at radius 1 is 0.918 bits per heavy atom. The van der Waals surface area contributed by atoms with Crippen LogP contribution in [0.3, 0.4) is 0 Å². The van der Waals surface area contributed by atoms with Crippen molar-refractivity contribution in [2.24, 2.45) is 10.4 Å². The van der Waals surface area contributed by atoms with E-state index in [1.807, 2.05) is 59.2 Å². The highest BCUT2D eigenvalue weighted by atomic mass is 35.5. The second-order valence-electron chi connectivity index (χ2n) is 20.5. The molecule has 1 spiro atoms. The van der Waals surface area contributed by atoms with E-state index in [0.717, 1.165) is 75.6 Å². The fourth-order valence-corrected chi connectivity index (χ4v) is 12.9. The number of carbonyl (C=O) groups is 2. The van der Waals surface area contributed by atoms with Crippen molar-refractivity contribution in [1.82, 2.24) is 34.0 Å². The number of benzene rings is 3. The highest BCUT2D eigenvalue weighted by molar-refractivity contribution is 7.70. The molecular weight excluding hydrogens is 992 g/mol. The zero-order valence-electron chi connectivity index (χ0n) is 41.7. The van der Waals surface area contributed by atoms with Gasteiger partial charge in [-0.25, -0.2) is 0 Å². The molecular formula is C54H59ClF3N10O3PS. The minimum Gasteiger partial charge on any atom is -0.382 e. The van der Waals surface area contributed by atoms with Gasteiger partial charge in [0.1, 0.15) is 30.6 Å². The fourth-order valence-electron chi connectivity index (χ4n) is 10.7. The molecule has 1 atom stereocenters. The van der Waals surface area contributed by atoms with E-state index >= 15 is 0 Å². The second-order valence-corrected chi connectivity index (χ2v) is 25.3. The number of nitrogens with zero attached hydrogens (tertiary/aromatic N) is 8. The molecule has 73 heavy (non-hydrogen) atoms. The number of fused-ring (bicyclic) bond motifs is 4. The van der Waals surface area contributed by atoms with Crippen LogP contribution in [0.15, 0.2) is 77.8 Å². The third-order valence-electron chi connectivity index (χ3n) is 15.0. The maximum absolute atomic E-state index is 14.1. The Bertz CT molecular complexity index is 3220. The second kappa shape index (κ2) is 20.1. The van der Waals surface area contributed by atoms with Crippen LogP contribution < -0.4 is 15.9 Å². The molecule has 2 amide bonds. The van der Waals surface area contributed by atoms with Crippen LogP contribution in [0, 0.1) is 38.0 Å². The summed E-state index contributed by atoms with van der Waals surface area (Å²) in [4.78, 5) is 40.3. The van der Waals surface area contributed by atoms with Gasteiger partial charge in [0.15, 0.2) is 5.82 Å². The van der Waals surface area contributed by atoms with E-state index < -0.39 is 25.9 Å². The first-order valence-corrected chi connectivity index (χ1v) is 28.6. The third kappa shape index (κ3) is 10.7. The number of anilines is 2. The molecule has 4 aliphatic rings. The first-order chi connectivity index (χ1) is 34.8. The lowest BCUT2D eigenvalue weighted by Gasteiger charge is -2.54. The lowest BCUT2D eigenvalue weighted by molar-refractivity contribution is -0.151. The molecule has 0 aliphatic carbocycles. The van der Waals surface area contributed by atoms with Crippen LogP contribution >= 0.6 is 30.1 Å². The molecule has 2 N–H and O–H groups in total. The molecule has 3 fully saturated rings. The van der Waals surface area contributed by atoms with Gasteiger partial charge in [-0.15, -0.1) is 21.5 Å². The summed E-state index contributed by atoms with van der Waals surface area (Å²) in [5.41, 5.74) is 6.13. The van der Waals surface area contributed by atoms with Gasteiger partial charge in [-0.1, -0.05) is 35.7 Å². The van der Waals surface area contributed by atoms with Crippen molar-refractivity contribution < 1.29 is 27.3 Å². The monoisotopic (exact) mass is 1050 g/mol. The molecule has 4 aliphatic heterocycles. The molecule has 3 aromatic heterocycles. The number of hydrogen-bond donors (Lipinski definition) is 2. The Morgan fingerprint density at radius 2 is 1.63 bits per heavy atom. The molecule has 0 unspecified atom stereocenters. The molecule has 3 aromatic carbocycles. The number of nitrogens with one attached hydrogen (secondary N) is 2. The maximum atomic E-state index is 14.1. The molecule has 19 heteroatoms. The first-order valence-electron chi connectivity index (χ1n) is 24.8. The number of piperidine rings is 2. The number of aryl methyl sites for hydroxylation is 2. The number of rotatable bonds is 11. The lowest BCUT2D eigenvalue weighted by atomic mass is 9.71. The standard InChI is InChI=1S/C54H59ClF3N10O3PS/c1-34-35(2)73-52-49(34)50(37-11-13-38(55)14-12-37)61-45(51-63-62-36(3)68(51)52)29-47(69)66-31-53(32-66)21-26-65(27-22-53)48(70)30-64-24-19-40(20-25-64)60-44-9-6-10-46-43(44)28-41(67(46)33-54(56,57)58)8-7-23-59-39-15-17-42(18-16-39)72(4,5)71/h6,9-18,28,40,45,59-60H,19-27,29-33H2,1-5H3/t45-/m0/s1. The number of amides is 2. The summed E-state index contributed by atoms with van der Waals surface area (Å²) in [5, 5.41) is 18.9. The zero-order valence-corrected chi connectivity index (χ0v) is 44.1. The van der Waals surface area contributed by atoms with E-state index in [2.05, 4.69) is 56.0 Å². The largest absolute Gasteiger partial charge is 0.406 e. The van der Waals surface area contributed by atoms with Crippen molar-refractivity contribution in [2.45, 2.75) is 77.7 Å². The highest BCUT2D eigenvalue weighted by Crippen LogP contribution is 2.44. The van der Waals surface area contributed by atoms with Crippen LogP contribution in [0.4, 0.5) is 24.5 Å². The average molecular weight is 1050 g/mol. The summed E-state index contributed by atoms with van der Waals surface area (Å²) >= 11 is 7.97. The van der Waals surface area contributed by atoms with Crippen LogP contribution in [-0.4, -0.2) is 129 Å². The van der Waals surface area contributed by atoms with E-state index in [4.69, 9.17) is 16.6 Å². The smallest absolute Gasteiger partial charge is 0.382 e. The van der Waals surface area contributed by atoms with Crippen molar-refractivity contribution in [2.75, 3.05) is 76.3 Å². The van der Waals surface area contributed by atoms with Crippen molar-refractivity contribution in [3.8, 4) is 16.8 Å². The number of aromatic nitrogens is 4. The Morgan fingerprint density at radius 3 is 2.32 bits per heavy atom. The molecule has 7 heterocycles. The van der Waals surface area contributed by atoms with E-state index in [9.17, 15) is 27.3 Å². The van der Waals surface area contributed by atoms with Crippen LogP contribution in [0.25, 0.3) is 15.9 Å². The van der Waals surface area contributed by atoms with Crippen molar-refractivity contribution in [1.29, 1.82) is 0 Å². The third-order valence-corrected chi connectivity index (χ3v) is 18.0. The summed E-state index contributed by atoms with van der Waals surface area (Å²) in [5.74, 6) is 7.49.